The van der Waals surface area contributed by atoms with E-state index in [0.717, 1.165) is 11.3 Å². The van der Waals surface area contributed by atoms with Crippen LogP contribution in [0, 0.1) is 0 Å². The molecule has 1 aromatic heterocycles. The Morgan fingerprint density at radius 2 is 2.00 bits per heavy atom. The zero-order valence-electron chi connectivity index (χ0n) is 15.4. The van der Waals surface area contributed by atoms with Crippen molar-refractivity contribution in [3.8, 4) is 0 Å². The van der Waals surface area contributed by atoms with Crippen LogP contribution >= 0.6 is 0 Å². The first-order valence-electron chi connectivity index (χ1n) is 8.37. The molecule has 2 rings (SSSR count). The van der Waals surface area contributed by atoms with Gasteiger partial charge >= 0.3 is 0 Å². The number of aryl methyl sites for hydroxylation is 2. The number of fused-ring (bicyclic) bond motifs is 1. The molecule has 2 aromatic rings. The molecule has 0 bridgehead atoms. The van der Waals surface area contributed by atoms with E-state index in [1.165, 1.54) is 18.4 Å². The predicted molar refractivity (Wildman–Crippen MR) is 97.9 cm³/mol. The molecule has 0 aliphatic carbocycles. The van der Waals surface area contributed by atoms with Gasteiger partial charge in [-0.3, -0.25) is 4.79 Å². The van der Waals surface area contributed by atoms with Crippen LogP contribution in [0.3, 0.4) is 0 Å². The molecule has 25 heavy (non-hydrogen) atoms. The number of sulfonamides is 1. The van der Waals surface area contributed by atoms with Crippen LogP contribution in [0.1, 0.15) is 33.0 Å². The lowest BCUT2D eigenvalue weighted by molar-refractivity contribution is -0.121. The van der Waals surface area contributed by atoms with Gasteiger partial charge in [0, 0.05) is 39.5 Å². The first kappa shape index (κ1) is 19.4. The van der Waals surface area contributed by atoms with Crippen molar-refractivity contribution in [2.24, 2.45) is 0 Å². The lowest BCUT2D eigenvalue weighted by Crippen LogP contribution is -2.30. The smallest absolute Gasteiger partial charge is 0.242 e. The molecular formula is C17H26N4O3S. The summed E-state index contributed by atoms with van der Waals surface area (Å²) in [4.78, 5) is 16.7. The van der Waals surface area contributed by atoms with Crippen molar-refractivity contribution in [1.29, 1.82) is 0 Å². The maximum absolute atomic E-state index is 12.3. The maximum Gasteiger partial charge on any atom is 0.242 e. The van der Waals surface area contributed by atoms with Crippen LogP contribution in [-0.4, -0.2) is 48.3 Å². The maximum atomic E-state index is 12.3. The number of carbonyl (C=O) groups excluding carboxylic acids is 1. The van der Waals surface area contributed by atoms with Gasteiger partial charge in [0.05, 0.1) is 15.9 Å². The molecule has 1 aromatic carbocycles. The van der Waals surface area contributed by atoms with E-state index in [1.807, 2.05) is 25.3 Å². The van der Waals surface area contributed by atoms with Gasteiger partial charge in [-0.15, -0.1) is 0 Å². The van der Waals surface area contributed by atoms with Crippen LogP contribution < -0.4 is 5.32 Å². The molecule has 0 saturated carbocycles. The second kappa shape index (κ2) is 7.53. The lowest BCUT2D eigenvalue weighted by atomic mass is 10.2. The fourth-order valence-corrected chi connectivity index (χ4v) is 3.62. The van der Waals surface area contributed by atoms with Crippen LogP contribution in [0.2, 0.25) is 0 Å². The number of imidazole rings is 1. The zero-order valence-corrected chi connectivity index (χ0v) is 16.2. The summed E-state index contributed by atoms with van der Waals surface area (Å²) < 4.78 is 27.8. The Morgan fingerprint density at radius 3 is 2.56 bits per heavy atom. The standard InChI is InChI=1S/C17H26N4O3S/c1-6-21-15-8-7-13(25(23,24)20(4)5)11-14(15)19-16(21)9-10-17(22)18-12(2)3/h7-8,11-12H,6,9-10H2,1-5H3,(H,18,22). The molecule has 0 atom stereocenters. The van der Waals surface area contributed by atoms with Crippen molar-refractivity contribution in [2.45, 2.75) is 51.1 Å². The Hall–Kier alpha value is -1.93. The van der Waals surface area contributed by atoms with E-state index in [9.17, 15) is 13.2 Å². The van der Waals surface area contributed by atoms with Crippen LogP contribution in [-0.2, 0) is 27.8 Å². The molecule has 1 heterocycles. The Labute approximate surface area is 149 Å². The van der Waals surface area contributed by atoms with E-state index in [4.69, 9.17) is 0 Å². The molecule has 0 aliphatic heterocycles. The Balaban J connectivity index is 2.35. The van der Waals surface area contributed by atoms with Gasteiger partial charge in [-0.25, -0.2) is 17.7 Å². The fraction of sp³-hybridized carbons (Fsp3) is 0.529. The van der Waals surface area contributed by atoms with Gasteiger partial charge in [0.2, 0.25) is 15.9 Å². The molecule has 8 heteroatoms. The highest BCUT2D eigenvalue weighted by Gasteiger charge is 2.19. The second-order valence-corrected chi connectivity index (χ2v) is 8.58. The monoisotopic (exact) mass is 366 g/mol. The highest BCUT2D eigenvalue weighted by atomic mass is 32.2. The van der Waals surface area contributed by atoms with Crippen molar-refractivity contribution < 1.29 is 13.2 Å². The van der Waals surface area contributed by atoms with E-state index >= 15 is 0 Å². The van der Waals surface area contributed by atoms with Crippen molar-refractivity contribution >= 4 is 27.0 Å². The fourth-order valence-electron chi connectivity index (χ4n) is 2.69. The van der Waals surface area contributed by atoms with Gasteiger partial charge in [0.15, 0.2) is 0 Å². The molecule has 1 N–H and O–H groups in total. The number of aromatic nitrogens is 2. The number of carbonyl (C=O) groups is 1. The van der Waals surface area contributed by atoms with Crippen LogP contribution in [0.4, 0.5) is 0 Å². The summed E-state index contributed by atoms with van der Waals surface area (Å²) in [6.07, 6.45) is 0.862. The topological polar surface area (TPSA) is 84.3 Å². The number of hydrogen-bond donors (Lipinski definition) is 1. The summed E-state index contributed by atoms with van der Waals surface area (Å²) >= 11 is 0. The Morgan fingerprint density at radius 1 is 1.32 bits per heavy atom. The summed E-state index contributed by atoms with van der Waals surface area (Å²) in [5.74, 6) is 0.774. The van der Waals surface area contributed by atoms with Gasteiger partial charge in [-0.05, 0) is 39.0 Å². The van der Waals surface area contributed by atoms with Crippen molar-refractivity contribution in [1.82, 2.24) is 19.2 Å². The van der Waals surface area contributed by atoms with Crippen molar-refractivity contribution in [3.05, 3.63) is 24.0 Å². The molecule has 7 nitrogen and oxygen atoms in total. The average Bonchev–Trinajstić information content (AvgIpc) is 2.88. The minimum atomic E-state index is -3.50. The van der Waals surface area contributed by atoms with Gasteiger partial charge in [-0.2, -0.15) is 0 Å². The molecule has 0 spiro atoms. The van der Waals surface area contributed by atoms with E-state index in [1.54, 1.807) is 18.2 Å². The highest BCUT2D eigenvalue weighted by molar-refractivity contribution is 7.89. The third-order valence-corrected chi connectivity index (χ3v) is 5.73. The molecule has 0 radical (unpaired) electrons. The molecule has 1 amide bonds. The van der Waals surface area contributed by atoms with Gasteiger partial charge in [0.1, 0.15) is 5.82 Å². The number of nitrogens with one attached hydrogen (secondary N) is 1. The number of benzene rings is 1. The van der Waals surface area contributed by atoms with E-state index in [2.05, 4.69) is 10.3 Å². The zero-order chi connectivity index (χ0) is 18.8. The van der Waals surface area contributed by atoms with E-state index in [0.29, 0.717) is 24.9 Å². The normalized spacial score (nSPS) is 12.3. The number of amides is 1. The molecule has 0 saturated heterocycles. The Kier molecular flexibility index (Phi) is 5.84. The lowest BCUT2D eigenvalue weighted by Gasteiger charge is -2.11. The minimum absolute atomic E-state index is 0.0133. The van der Waals surface area contributed by atoms with Gasteiger partial charge in [0.25, 0.3) is 0 Å². The van der Waals surface area contributed by atoms with Crippen molar-refractivity contribution in [2.75, 3.05) is 14.1 Å². The number of nitrogens with zero attached hydrogens (tertiary/aromatic N) is 3. The first-order chi connectivity index (χ1) is 11.7. The third-order valence-electron chi connectivity index (χ3n) is 3.92. The van der Waals surface area contributed by atoms with Crippen LogP contribution in [0.15, 0.2) is 23.1 Å². The van der Waals surface area contributed by atoms with Crippen LogP contribution in [0.25, 0.3) is 11.0 Å². The van der Waals surface area contributed by atoms with Gasteiger partial charge in [-0.1, -0.05) is 0 Å². The van der Waals surface area contributed by atoms with Crippen molar-refractivity contribution in [3.63, 3.8) is 0 Å². The summed E-state index contributed by atoms with van der Waals surface area (Å²) in [5.41, 5.74) is 1.50. The first-order valence-corrected chi connectivity index (χ1v) is 9.81. The number of rotatable bonds is 7. The SMILES string of the molecule is CCn1c(CCC(=O)NC(C)C)nc2cc(S(=O)(=O)N(C)C)ccc21. The van der Waals surface area contributed by atoms with E-state index in [-0.39, 0.29) is 16.8 Å². The largest absolute Gasteiger partial charge is 0.354 e. The predicted octanol–water partition coefficient (Wildman–Crippen LogP) is 1.76. The quantitative estimate of drug-likeness (QED) is 0.809. The number of hydrogen-bond acceptors (Lipinski definition) is 4. The molecule has 0 fully saturated rings. The Bertz CT molecular complexity index is 869. The summed E-state index contributed by atoms with van der Waals surface area (Å²) in [6.45, 7) is 6.55. The molecule has 138 valence electrons. The summed E-state index contributed by atoms with van der Waals surface area (Å²) in [5, 5.41) is 2.86. The van der Waals surface area contributed by atoms with E-state index < -0.39 is 10.0 Å². The average molecular weight is 366 g/mol. The molecule has 0 unspecified atom stereocenters. The van der Waals surface area contributed by atoms with Gasteiger partial charge < -0.3 is 9.88 Å². The summed E-state index contributed by atoms with van der Waals surface area (Å²) in [7, 11) is -0.492. The molecular weight excluding hydrogens is 340 g/mol. The van der Waals surface area contributed by atoms with Crippen LogP contribution in [0.5, 0.6) is 0 Å². The summed E-state index contributed by atoms with van der Waals surface area (Å²) in [6, 6.07) is 5.08. The minimum Gasteiger partial charge on any atom is -0.354 e. The second-order valence-electron chi connectivity index (χ2n) is 6.43. The molecule has 0 aliphatic rings. The highest BCUT2D eigenvalue weighted by Crippen LogP contribution is 2.22. The third kappa shape index (κ3) is 4.19.